The van der Waals surface area contributed by atoms with Crippen LogP contribution in [0.25, 0.3) is 11.1 Å². The van der Waals surface area contributed by atoms with Crippen LogP contribution in [0.2, 0.25) is 0 Å². The monoisotopic (exact) mass is 558 g/mol. The van der Waals surface area contributed by atoms with E-state index in [1.165, 1.54) is 36.4 Å². The van der Waals surface area contributed by atoms with Gasteiger partial charge in [0.25, 0.3) is 0 Å². The van der Waals surface area contributed by atoms with Crippen LogP contribution in [0.1, 0.15) is 48.3 Å². The summed E-state index contributed by atoms with van der Waals surface area (Å²) < 4.78 is 33.5. The molecule has 1 heterocycles. The van der Waals surface area contributed by atoms with E-state index in [-0.39, 0.29) is 16.7 Å². The largest absolute Gasteiger partial charge is 0.478 e. The van der Waals surface area contributed by atoms with Gasteiger partial charge in [-0.05, 0) is 29.3 Å². The summed E-state index contributed by atoms with van der Waals surface area (Å²) in [5.41, 5.74) is -7.26. The number of carbonyl (C=O) groups excluding carboxylic acids is 1. The van der Waals surface area contributed by atoms with Crippen molar-refractivity contribution in [2.75, 3.05) is 0 Å². The third kappa shape index (κ3) is 4.35. The van der Waals surface area contributed by atoms with Gasteiger partial charge in [-0.25, -0.2) is 19.2 Å². The third-order valence-corrected chi connectivity index (χ3v) is 6.66. The number of carboxylic acid groups (broad SMARTS) is 3. The number of aliphatic hydroxyl groups is 3. The molecule has 1 saturated heterocycles. The number of carboxylic acids is 3. The van der Waals surface area contributed by atoms with E-state index in [2.05, 4.69) is 4.74 Å². The number of aromatic carboxylic acids is 3. The molecule has 0 bridgehead atoms. The Morgan fingerprint density at radius 1 is 0.800 bits per heavy atom. The molecule has 11 nitrogen and oxygen atoms in total. The SMILES string of the molecule is O=C(O)c1ccccc1-c1cccc(C(=O)O)c1C(O)C(O)(c1ccccc1C(=O)O)C1OC(=O)C(F)(F)C1O. The molecule has 13 heteroatoms. The molecule has 1 fully saturated rings. The van der Waals surface area contributed by atoms with Gasteiger partial charge in [0, 0.05) is 11.1 Å². The van der Waals surface area contributed by atoms with Crippen molar-refractivity contribution in [3.63, 3.8) is 0 Å². The Balaban J connectivity index is 2.10. The number of ether oxygens (including phenoxy) is 1. The molecule has 4 atom stereocenters. The number of cyclic esters (lactones) is 1. The fraction of sp³-hybridized carbons (Fsp3) is 0.185. The van der Waals surface area contributed by atoms with E-state index >= 15 is 0 Å². The van der Waals surface area contributed by atoms with Gasteiger partial charge in [-0.2, -0.15) is 8.78 Å². The molecule has 3 aromatic rings. The second-order valence-corrected chi connectivity index (χ2v) is 8.90. The molecule has 0 radical (unpaired) electrons. The minimum atomic E-state index is -4.60. The zero-order valence-corrected chi connectivity index (χ0v) is 20.1. The lowest BCUT2D eigenvalue weighted by molar-refractivity contribution is -0.188. The summed E-state index contributed by atoms with van der Waals surface area (Å²) in [5, 5.41) is 63.5. The number of aliphatic hydroxyl groups excluding tert-OH is 2. The van der Waals surface area contributed by atoms with E-state index in [9.17, 15) is 58.6 Å². The highest BCUT2D eigenvalue weighted by molar-refractivity contribution is 5.99. The number of hydrogen-bond acceptors (Lipinski definition) is 8. The first-order valence-electron chi connectivity index (χ1n) is 11.4. The van der Waals surface area contributed by atoms with Crippen LogP contribution in [-0.2, 0) is 15.1 Å². The molecule has 0 spiro atoms. The van der Waals surface area contributed by atoms with E-state index in [1.54, 1.807) is 0 Å². The number of benzene rings is 3. The Bertz CT molecular complexity index is 1540. The number of carbonyl (C=O) groups is 4. The van der Waals surface area contributed by atoms with Gasteiger partial charge < -0.3 is 35.4 Å². The van der Waals surface area contributed by atoms with Gasteiger partial charge in [-0.3, -0.25) is 0 Å². The fourth-order valence-electron chi connectivity index (χ4n) is 4.78. The van der Waals surface area contributed by atoms with E-state index in [0.29, 0.717) is 0 Å². The molecule has 0 aliphatic carbocycles. The zero-order valence-electron chi connectivity index (χ0n) is 20.1. The first-order valence-corrected chi connectivity index (χ1v) is 11.4. The van der Waals surface area contributed by atoms with Crippen molar-refractivity contribution in [1.82, 2.24) is 0 Å². The highest BCUT2D eigenvalue weighted by atomic mass is 19.3. The van der Waals surface area contributed by atoms with Gasteiger partial charge in [0.05, 0.1) is 16.7 Å². The van der Waals surface area contributed by atoms with Crippen LogP contribution >= 0.6 is 0 Å². The average molecular weight is 558 g/mol. The Morgan fingerprint density at radius 2 is 1.30 bits per heavy atom. The molecule has 1 aliphatic heterocycles. The number of hydrogen-bond donors (Lipinski definition) is 6. The summed E-state index contributed by atoms with van der Waals surface area (Å²) in [5.74, 6) is -11.8. The summed E-state index contributed by atoms with van der Waals surface area (Å²) in [6.45, 7) is 0. The Labute approximate surface area is 223 Å². The van der Waals surface area contributed by atoms with E-state index in [4.69, 9.17) is 0 Å². The van der Waals surface area contributed by atoms with Gasteiger partial charge in [-0.1, -0.05) is 48.5 Å². The van der Waals surface area contributed by atoms with E-state index < -0.39 is 76.0 Å². The Morgan fingerprint density at radius 3 is 1.85 bits per heavy atom. The zero-order chi connectivity index (χ0) is 29.6. The van der Waals surface area contributed by atoms with Crippen LogP contribution in [0.15, 0.2) is 66.7 Å². The summed E-state index contributed by atoms with van der Waals surface area (Å²) in [4.78, 5) is 48.2. The molecule has 4 rings (SSSR count). The van der Waals surface area contributed by atoms with Crippen molar-refractivity contribution in [3.05, 3.63) is 94.5 Å². The lowest BCUT2D eigenvalue weighted by Crippen LogP contribution is -2.53. The quantitative estimate of drug-likeness (QED) is 0.222. The second kappa shape index (κ2) is 10.1. The van der Waals surface area contributed by atoms with Crippen LogP contribution in [0.5, 0.6) is 0 Å². The van der Waals surface area contributed by atoms with Crippen LogP contribution < -0.4 is 0 Å². The summed E-state index contributed by atoms with van der Waals surface area (Å²) in [6.07, 6.45) is -8.53. The molecule has 1 aliphatic rings. The predicted molar refractivity (Wildman–Crippen MR) is 129 cm³/mol. The van der Waals surface area contributed by atoms with Crippen LogP contribution in [0, 0.1) is 0 Å². The maximum atomic E-state index is 14.5. The van der Waals surface area contributed by atoms with Crippen molar-refractivity contribution in [2.24, 2.45) is 0 Å². The van der Waals surface area contributed by atoms with Crippen molar-refractivity contribution < 1.29 is 63.3 Å². The predicted octanol–water partition coefficient (Wildman–Crippen LogP) is 2.29. The summed E-state index contributed by atoms with van der Waals surface area (Å²) in [6, 6.07) is 12.7. The highest BCUT2D eigenvalue weighted by Gasteiger charge is 2.67. The van der Waals surface area contributed by atoms with Crippen LogP contribution in [0.4, 0.5) is 8.78 Å². The molecule has 0 aromatic heterocycles. The molecule has 6 N–H and O–H groups in total. The van der Waals surface area contributed by atoms with Gasteiger partial charge in [0.1, 0.15) is 6.10 Å². The van der Waals surface area contributed by atoms with Crippen LogP contribution in [-0.4, -0.2) is 72.6 Å². The molecule has 4 unspecified atom stereocenters. The van der Waals surface area contributed by atoms with Gasteiger partial charge in [0.15, 0.2) is 17.8 Å². The normalized spacial score (nSPS) is 20.3. The van der Waals surface area contributed by atoms with Crippen molar-refractivity contribution >= 4 is 23.9 Å². The van der Waals surface area contributed by atoms with Crippen molar-refractivity contribution in [3.8, 4) is 11.1 Å². The number of halogens is 2. The molecule has 0 amide bonds. The lowest BCUT2D eigenvalue weighted by Gasteiger charge is -2.40. The number of esters is 1. The Kier molecular flexibility index (Phi) is 7.15. The first-order chi connectivity index (χ1) is 18.7. The van der Waals surface area contributed by atoms with Gasteiger partial charge in [0.2, 0.25) is 0 Å². The first kappa shape index (κ1) is 28.3. The third-order valence-electron chi connectivity index (χ3n) is 6.66. The molecule has 40 heavy (non-hydrogen) atoms. The van der Waals surface area contributed by atoms with Gasteiger partial charge >= 0.3 is 29.8 Å². The summed E-state index contributed by atoms with van der Waals surface area (Å²) in [7, 11) is 0. The van der Waals surface area contributed by atoms with E-state index in [1.807, 2.05) is 0 Å². The minimum Gasteiger partial charge on any atom is -0.478 e. The molecule has 208 valence electrons. The standard InChI is InChI=1S/C27H20F2O11/c28-27(29)20(31)21(40-25(27)38)26(39,17-11-4-3-8-15(17)23(34)35)19(30)18-13(9-5-10-16(18)24(36)37)12-6-1-2-7-14(12)22(32)33/h1-11,19-21,30-31,39H,(H,32,33)(H,34,35)(H,36,37). The second-order valence-electron chi connectivity index (χ2n) is 8.90. The Hall–Kier alpha value is -4.72. The molecular weight excluding hydrogens is 538 g/mol. The highest BCUT2D eigenvalue weighted by Crippen LogP contribution is 2.50. The van der Waals surface area contributed by atoms with Crippen molar-refractivity contribution in [2.45, 2.75) is 29.8 Å². The molecular formula is C27H20F2O11. The van der Waals surface area contributed by atoms with Gasteiger partial charge in [-0.15, -0.1) is 0 Å². The fourth-order valence-corrected chi connectivity index (χ4v) is 4.78. The average Bonchev–Trinajstić information content (AvgIpc) is 3.14. The summed E-state index contributed by atoms with van der Waals surface area (Å²) >= 11 is 0. The molecule has 0 saturated carbocycles. The van der Waals surface area contributed by atoms with E-state index in [0.717, 1.165) is 30.3 Å². The smallest absolute Gasteiger partial charge is 0.380 e. The number of rotatable bonds is 8. The topological polar surface area (TPSA) is 199 Å². The van der Waals surface area contributed by atoms with Crippen molar-refractivity contribution in [1.29, 1.82) is 0 Å². The molecule has 3 aromatic carbocycles. The maximum absolute atomic E-state index is 14.5. The number of alkyl halides is 2. The van der Waals surface area contributed by atoms with Crippen LogP contribution in [0.3, 0.4) is 0 Å². The lowest BCUT2D eigenvalue weighted by atomic mass is 9.73. The maximum Gasteiger partial charge on any atom is 0.380 e. The minimum absolute atomic E-state index is 0.157.